The van der Waals surface area contributed by atoms with Gasteiger partial charge in [0.05, 0.1) is 18.2 Å². The second kappa shape index (κ2) is 7.17. The Morgan fingerprint density at radius 1 is 1.20 bits per heavy atom. The predicted molar refractivity (Wildman–Crippen MR) is 98.4 cm³/mol. The van der Waals surface area contributed by atoms with E-state index < -0.39 is 5.60 Å². The van der Waals surface area contributed by atoms with E-state index in [-0.39, 0.29) is 12.1 Å². The molecule has 3 rings (SSSR count). The minimum Gasteiger partial charge on any atom is -0.444 e. The lowest BCUT2D eigenvalue weighted by Crippen LogP contribution is -2.38. The molecular formula is C19H26N4O2. The number of anilines is 1. The number of imidazole rings is 1. The maximum atomic E-state index is 11.9. The number of aromatic nitrogens is 2. The fraction of sp³-hybridized carbons (Fsp3) is 0.474. The van der Waals surface area contributed by atoms with Crippen molar-refractivity contribution in [1.29, 1.82) is 0 Å². The first-order chi connectivity index (χ1) is 11.9. The summed E-state index contributed by atoms with van der Waals surface area (Å²) < 4.78 is 5.32. The molecule has 1 aromatic heterocycles. The summed E-state index contributed by atoms with van der Waals surface area (Å²) in [5, 5.41) is 6.51. The number of nitrogens with zero attached hydrogens (tertiary/aromatic N) is 1. The van der Waals surface area contributed by atoms with E-state index in [1.807, 2.05) is 27.0 Å². The largest absolute Gasteiger partial charge is 0.444 e. The quantitative estimate of drug-likeness (QED) is 0.786. The van der Waals surface area contributed by atoms with Gasteiger partial charge in [-0.05, 0) is 57.7 Å². The molecule has 3 N–H and O–H groups in total. The molecule has 6 heteroatoms. The summed E-state index contributed by atoms with van der Waals surface area (Å²) >= 11 is 0. The summed E-state index contributed by atoms with van der Waals surface area (Å²) in [7, 11) is 0. The number of benzene rings is 1. The number of nitrogens with one attached hydrogen (secondary N) is 3. The molecule has 1 aromatic carbocycles. The fourth-order valence-corrected chi connectivity index (χ4v) is 3.11. The van der Waals surface area contributed by atoms with Crippen molar-refractivity contribution in [2.75, 3.05) is 5.32 Å². The van der Waals surface area contributed by atoms with E-state index in [2.05, 4.69) is 44.9 Å². The van der Waals surface area contributed by atoms with E-state index >= 15 is 0 Å². The molecule has 1 saturated carbocycles. The summed E-state index contributed by atoms with van der Waals surface area (Å²) in [6, 6.07) is 8.81. The van der Waals surface area contributed by atoms with Gasteiger partial charge in [0.15, 0.2) is 0 Å². The van der Waals surface area contributed by atoms with Gasteiger partial charge in [-0.25, -0.2) is 9.78 Å². The van der Waals surface area contributed by atoms with Gasteiger partial charge in [-0.2, -0.15) is 0 Å². The average molecular weight is 342 g/mol. The van der Waals surface area contributed by atoms with E-state index in [4.69, 9.17) is 4.74 Å². The summed E-state index contributed by atoms with van der Waals surface area (Å²) in [6.45, 7) is 5.62. The monoisotopic (exact) mass is 342 g/mol. The van der Waals surface area contributed by atoms with Crippen molar-refractivity contribution in [3.8, 4) is 11.3 Å². The summed E-state index contributed by atoms with van der Waals surface area (Å²) in [6.07, 6.45) is 6.06. The standard InChI is InChI=1S/C19H26N4O2/c1-19(2,3)25-18(24)23-16-9-8-15(10-16)22-14-6-4-13(5-7-14)17-11-20-12-21-17/h4-7,11-12,15-16,22H,8-10H2,1-3H3,(H,20,21)(H,23,24). The lowest BCUT2D eigenvalue weighted by molar-refractivity contribution is 0.0505. The van der Waals surface area contributed by atoms with Crippen molar-refractivity contribution in [3.63, 3.8) is 0 Å². The summed E-state index contributed by atoms with van der Waals surface area (Å²) in [5.41, 5.74) is 2.75. The molecule has 2 atom stereocenters. The van der Waals surface area contributed by atoms with Crippen LogP contribution in [0.15, 0.2) is 36.8 Å². The Bertz CT molecular complexity index is 689. The van der Waals surface area contributed by atoms with E-state index in [1.165, 1.54) is 0 Å². The molecule has 25 heavy (non-hydrogen) atoms. The lowest BCUT2D eigenvalue weighted by Gasteiger charge is -2.22. The Labute approximate surface area is 148 Å². The number of ether oxygens (including phenoxy) is 1. The number of hydrogen-bond acceptors (Lipinski definition) is 4. The fourth-order valence-electron chi connectivity index (χ4n) is 3.11. The van der Waals surface area contributed by atoms with Gasteiger partial charge >= 0.3 is 6.09 Å². The molecule has 1 heterocycles. The van der Waals surface area contributed by atoms with Crippen LogP contribution in [0.5, 0.6) is 0 Å². The number of H-pyrrole nitrogens is 1. The van der Waals surface area contributed by atoms with Crippen LogP contribution in [0.1, 0.15) is 40.0 Å². The molecule has 0 spiro atoms. The average Bonchev–Trinajstić information content (AvgIpc) is 3.18. The maximum absolute atomic E-state index is 11.9. The molecule has 0 aliphatic heterocycles. The van der Waals surface area contributed by atoms with E-state index in [0.717, 1.165) is 36.2 Å². The summed E-state index contributed by atoms with van der Waals surface area (Å²) in [5.74, 6) is 0. The lowest BCUT2D eigenvalue weighted by atomic mass is 10.1. The zero-order valence-electron chi connectivity index (χ0n) is 15.0. The molecule has 0 bridgehead atoms. The molecule has 1 aliphatic carbocycles. The zero-order chi connectivity index (χ0) is 17.9. The Balaban J connectivity index is 1.49. The number of rotatable bonds is 4. The van der Waals surface area contributed by atoms with Crippen LogP contribution in [0.2, 0.25) is 0 Å². The van der Waals surface area contributed by atoms with Gasteiger partial charge < -0.3 is 20.4 Å². The van der Waals surface area contributed by atoms with Crippen LogP contribution < -0.4 is 10.6 Å². The molecule has 0 radical (unpaired) electrons. The Morgan fingerprint density at radius 2 is 1.92 bits per heavy atom. The third kappa shape index (κ3) is 4.98. The van der Waals surface area contributed by atoms with E-state index in [9.17, 15) is 4.79 Å². The van der Waals surface area contributed by atoms with Crippen LogP contribution in [0.4, 0.5) is 10.5 Å². The van der Waals surface area contributed by atoms with Gasteiger partial charge in [-0.15, -0.1) is 0 Å². The molecule has 0 saturated heterocycles. The normalized spacial score (nSPS) is 20.3. The van der Waals surface area contributed by atoms with E-state index in [1.54, 1.807) is 6.33 Å². The van der Waals surface area contributed by atoms with Gasteiger partial charge in [-0.1, -0.05) is 12.1 Å². The van der Waals surface area contributed by atoms with Crippen molar-refractivity contribution in [3.05, 3.63) is 36.8 Å². The van der Waals surface area contributed by atoms with Gasteiger partial charge in [0, 0.05) is 17.8 Å². The Morgan fingerprint density at radius 3 is 2.56 bits per heavy atom. The number of amides is 1. The van der Waals surface area contributed by atoms with Crippen LogP contribution in [-0.4, -0.2) is 33.7 Å². The summed E-state index contributed by atoms with van der Waals surface area (Å²) in [4.78, 5) is 19.0. The molecule has 1 fully saturated rings. The minimum absolute atomic E-state index is 0.164. The van der Waals surface area contributed by atoms with E-state index in [0.29, 0.717) is 6.04 Å². The molecular weight excluding hydrogens is 316 g/mol. The zero-order valence-corrected chi connectivity index (χ0v) is 15.0. The number of carbonyl (C=O) groups excluding carboxylic acids is 1. The van der Waals surface area contributed by atoms with Gasteiger partial charge in [0.2, 0.25) is 0 Å². The minimum atomic E-state index is -0.462. The second-order valence-corrected chi connectivity index (χ2v) is 7.54. The van der Waals surface area contributed by atoms with Crippen molar-refractivity contribution in [2.45, 2.75) is 57.7 Å². The smallest absolute Gasteiger partial charge is 0.407 e. The molecule has 1 amide bonds. The highest BCUT2D eigenvalue weighted by atomic mass is 16.6. The highest BCUT2D eigenvalue weighted by Gasteiger charge is 2.27. The van der Waals surface area contributed by atoms with Gasteiger partial charge in [0.25, 0.3) is 0 Å². The molecule has 6 nitrogen and oxygen atoms in total. The molecule has 2 aromatic rings. The van der Waals surface area contributed by atoms with Crippen LogP contribution >= 0.6 is 0 Å². The number of hydrogen-bond donors (Lipinski definition) is 3. The number of carbonyl (C=O) groups is 1. The molecule has 2 unspecified atom stereocenters. The van der Waals surface area contributed by atoms with Crippen LogP contribution in [0.25, 0.3) is 11.3 Å². The topological polar surface area (TPSA) is 79.0 Å². The highest BCUT2D eigenvalue weighted by Crippen LogP contribution is 2.25. The number of alkyl carbamates (subject to hydrolysis) is 1. The molecule has 1 aliphatic rings. The third-order valence-corrected chi connectivity index (χ3v) is 4.22. The SMILES string of the molecule is CC(C)(C)OC(=O)NC1CCC(Nc2ccc(-c3cnc[nH]3)cc2)C1. The van der Waals surface area contributed by atoms with Crippen molar-refractivity contribution in [1.82, 2.24) is 15.3 Å². The van der Waals surface area contributed by atoms with Gasteiger partial charge in [0.1, 0.15) is 5.60 Å². The first-order valence-electron chi connectivity index (χ1n) is 8.74. The Hall–Kier alpha value is -2.50. The van der Waals surface area contributed by atoms with Crippen LogP contribution in [0.3, 0.4) is 0 Å². The maximum Gasteiger partial charge on any atom is 0.407 e. The first kappa shape index (κ1) is 17.3. The third-order valence-electron chi connectivity index (χ3n) is 4.22. The van der Waals surface area contributed by atoms with Crippen molar-refractivity contribution in [2.24, 2.45) is 0 Å². The highest BCUT2D eigenvalue weighted by molar-refractivity contribution is 5.68. The van der Waals surface area contributed by atoms with Crippen LogP contribution in [-0.2, 0) is 4.74 Å². The second-order valence-electron chi connectivity index (χ2n) is 7.54. The van der Waals surface area contributed by atoms with Gasteiger partial charge in [-0.3, -0.25) is 0 Å². The van der Waals surface area contributed by atoms with Crippen LogP contribution in [0, 0.1) is 0 Å². The number of aromatic amines is 1. The Kier molecular flexibility index (Phi) is 4.97. The predicted octanol–water partition coefficient (Wildman–Crippen LogP) is 3.93. The first-order valence-corrected chi connectivity index (χ1v) is 8.74. The van der Waals surface area contributed by atoms with Crippen molar-refractivity contribution < 1.29 is 9.53 Å². The van der Waals surface area contributed by atoms with Crippen molar-refractivity contribution >= 4 is 11.8 Å². The molecule has 134 valence electrons.